The predicted octanol–water partition coefficient (Wildman–Crippen LogP) is 5.12. The topological polar surface area (TPSA) is 20.2 Å². The molecular weight excluding hydrogens is 292 g/mol. The molecule has 0 aromatic rings. The van der Waals surface area contributed by atoms with Crippen molar-refractivity contribution >= 4 is 0 Å². The first-order chi connectivity index (χ1) is 11.5. The summed E-state index contributed by atoms with van der Waals surface area (Å²) in [5, 5.41) is 11.2. The van der Waals surface area contributed by atoms with E-state index in [4.69, 9.17) is 6.42 Å². The van der Waals surface area contributed by atoms with Gasteiger partial charge >= 0.3 is 0 Å². The van der Waals surface area contributed by atoms with Gasteiger partial charge in [0.2, 0.25) is 0 Å². The Morgan fingerprint density at radius 3 is 2.71 bits per heavy atom. The van der Waals surface area contributed by atoms with Crippen LogP contribution in [-0.2, 0) is 0 Å². The largest absolute Gasteiger partial charge is 0.377 e. The van der Waals surface area contributed by atoms with Crippen LogP contribution >= 0.6 is 0 Å². The van der Waals surface area contributed by atoms with Crippen LogP contribution in [0.25, 0.3) is 0 Å². The monoisotopic (exact) mass is 324 g/mol. The number of aliphatic hydroxyl groups is 1. The lowest BCUT2D eigenvalue weighted by Crippen LogP contribution is -2.54. The van der Waals surface area contributed by atoms with Crippen LogP contribution in [0.2, 0.25) is 0 Å². The second-order valence-corrected chi connectivity index (χ2v) is 9.18. The highest BCUT2D eigenvalue weighted by Crippen LogP contribution is 2.67. The van der Waals surface area contributed by atoms with Crippen molar-refractivity contribution in [3.63, 3.8) is 0 Å². The highest BCUT2D eigenvalue weighted by molar-refractivity contribution is 5.30. The van der Waals surface area contributed by atoms with E-state index in [1.165, 1.54) is 43.3 Å². The molecule has 0 aromatic heterocycles. The molecule has 130 valence electrons. The van der Waals surface area contributed by atoms with Crippen LogP contribution < -0.4 is 0 Å². The molecule has 0 bridgehead atoms. The Morgan fingerprint density at radius 1 is 1.21 bits per heavy atom. The molecule has 4 saturated carbocycles. The van der Waals surface area contributed by atoms with E-state index in [9.17, 15) is 5.11 Å². The van der Waals surface area contributed by atoms with Gasteiger partial charge in [-0.25, -0.2) is 0 Å². The Kier molecular flexibility index (Phi) is 3.77. The molecule has 0 radical (unpaired) electrons. The molecule has 1 N–H and O–H groups in total. The molecule has 24 heavy (non-hydrogen) atoms. The molecule has 4 aliphatic rings. The average Bonchev–Trinajstić information content (AvgIpc) is 2.88. The minimum atomic E-state index is -0.919. The van der Waals surface area contributed by atoms with Crippen molar-refractivity contribution in [2.45, 2.75) is 70.3 Å². The molecule has 4 rings (SSSR count). The molecule has 4 unspecified atom stereocenters. The van der Waals surface area contributed by atoms with Crippen molar-refractivity contribution in [1.82, 2.24) is 0 Å². The summed E-state index contributed by atoms with van der Waals surface area (Å²) >= 11 is 0. The number of hydrogen-bond donors (Lipinski definition) is 1. The summed E-state index contributed by atoms with van der Waals surface area (Å²) in [5.41, 5.74) is 1.82. The van der Waals surface area contributed by atoms with Gasteiger partial charge in [0.1, 0.15) is 5.60 Å². The van der Waals surface area contributed by atoms with E-state index in [0.29, 0.717) is 17.8 Å². The predicted molar refractivity (Wildman–Crippen MR) is 99.2 cm³/mol. The second kappa shape index (κ2) is 5.50. The number of rotatable bonds is 1. The Bertz CT molecular complexity index is 610. The fraction of sp³-hybridized carbons (Fsp3) is 0.739. The lowest BCUT2D eigenvalue weighted by atomic mass is 9.47. The molecule has 0 aromatic carbocycles. The molecule has 1 heteroatoms. The smallest absolute Gasteiger partial charge is 0.131 e. The summed E-state index contributed by atoms with van der Waals surface area (Å²) in [5.74, 6) is 6.39. The van der Waals surface area contributed by atoms with Crippen molar-refractivity contribution in [3.05, 3.63) is 24.3 Å². The second-order valence-electron chi connectivity index (χ2n) is 9.18. The molecule has 1 nitrogen and oxygen atoms in total. The third kappa shape index (κ3) is 1.99. The number of hydrogen-bond acceptors (Lipinski definition) is 1. The minimum Gasteiger partial charge on any atom is -0.377 e. The summed E-state index contributed by atoms with van der Waals surface area (Å²) in [6.07, 6.45) is 16.0. The molecular formula is C23H32O. The molecule has 7 atom stereocenters. The Labute approximate surface area is 147 Å². The zero-order chi connectivity index (χ0) is 17.1. The van der Waals surface area contributed by atoms with Gasteiger partial charge in [0.15, 0.2) is 0 Å². The van der Waals surface area contributed by atoms with Crippen molar-refractivity contribution in [1.29, 1.82) is 0 Å². The van der Waals surface area contributed by atoms with Gasteiger partial charge in [-0.1, -0.05) is 37.1 Å². The number of fused-ring (bicyclic) bond motifs is 5. The quantitative estimate of drug-likeness (QED) is 0.524. The summed E-state index contributed by atoms with van der Waals surface area (Å²) in [4.78, 5) is 0. The maximum atomic E-state index is 11.2. The molecule has 4 fully saturated rings. The van der Waals surface area contributed by atoms with Crippen LogP contribution in [0, 0.1) is 47.3 Å². The minimum absolute atomic E-state index is 0.120. The number of allylic oxidation sites excluding steroid dienone is 2. The van der Waals surface area contributed by atoms with Gasteiger partial charge in [0.25, 0.3) is 0 Å². The number of terminal acetylenes is 1. The van der Waals surface area contributed by atoms with Crippen LogP contribution in [0.5, 0.6) is 0 Å². The highest BCUT2D eigenvalue weighted by atomic mass is 16.3. The van der Waals surface area contributed by atoms with Crippen LogP contribution in [0.4, 0.5) is 0 Å². The van der Waals surface area contributed by atoms with Crippen LogP contribution in [0.1, 0.15) is 64.7 Å². The molecule has 0 aliphatic heterocycles. The van der Waals surface area contributed by atoms with Crippen LogP contribution in [-0.4, -0.2) is 10.7 Å². The standard InChI is InChI=1S/C23H32O/c1-5-22-14-16(4)21-18-9-7-15(3)13-17(18)8-10-19(21)20(22)11-12-23(22,24)6-2/h2,17-21,24H,3-5,7-14H2,1H3/t17?,18-,19?,20?,21?,22-,23-/m0/s1. The van der Waals surface area contributed by atoms with Gasteiger partial charge in [-0.2, -0.15) is 0 Å². The summed E-state index contributed by atoms with van der Waals surface area (Å²) in [6, 6.07) is 0. The van der Waals surface area contributed by atoms with Crippen molar-refractivity contribution < 1.29 is 5.11 Å². The maximum absolute atomic E-state index is 11.2. The summed E-state index contributed by atoms with van der Waals surface area (Å²) < 4.78 is 0. The Morgan fingerprint density at radius 2 is 2.00 bits per heavy atom. The fourth-order valence-electron chi connectivity index (χ4n) is 7.50. The molecule has 0 heterocycles. The van der Waals surface area contributed by atoms with E-state index < -0.39 is 5.60 Å². The van der Waals surface area contributed by atoms with E-state index in [-0.39, 0.29) is 5.41 Å². The molecule has 4 aliphatic carbocycles. The van der Waals surface area contributed by atoms with Crippen molar-refractivity contribution in [3.8, 4) is 12.3 Å². The van der Waals surface area contributed by atoms with Crippen LogP contribution in [0.15, 0.2) is 24.3 Å². The first-order valence-corrected chi connectivity index (χ1v) is 10.00. The highest BCUT2D eigenvalue weighted by Gasteiger charge is 2.64. The Hall–Kier alpha value is -1.00. The van der Waals surface area contributed by atoms with Gasteiger partial charge in [-0.05, 0) is 87.4 Å². The third-order valence-electron chi connectivity index (χ3n) is 8.53. The van der Waals surface area contributed by atoms with E-state index in [1.54, 1.807) is 0 Å². The zero-order valence-corrected chi connectivity index (χ0v) is 15.2. The van der Waals surface area contributed by atoms with Crippen molar-refractivity contribution in [2.24, 2.45) is 35.0 Å². The SMILES string of the molecule is C#C[C@]1(O)CCC2C3CCC4CC(=C)CC[C@@H]4C3C(=C)C[C@@]21CC. The maximum Gasteiger partial charge on any atom is 0.131 e. The zero-order valence-electron chi connectivity index (χ0n) is 15.2. The van der Waals surface area contributed by atoms with Crippen molar-refractivity contribution in [2.75, 3.05) is 0 Å². The van der Waals surface area contributed by atoms with Gasteiger partial charge in [-0.15, -0.1) is 6.42 Å². The van der Waals surface area contributed by atoms with E-state index >= 15 is 0 Å². The average molecular weight is 325 g/mol. The third-order valence-corrected chi connectivity index (χ3v) is 8.53. The molecule has 0 saturated heterocycles. The van der Waals surface area contributed by atoms with Crippen LogP contribution in [0.3, 0.4) is 0 Å². The fourth-order valence-corrected chi connectivity index (χ4v) is 7.50. The lowest BCUT2D eigenvalue weighted by molar-refractivity contribution is -0.0912. The molecule has 0 amide bonds. The Balaban J connectivity index is 1.70. The van der Waals surface area contributed by atoms with Gasteiger partial charge in [-0.3, -0.25) is 0 Å². The summed E-state index contributed by atoms with van der Waals surface area (Å²) in [6.45, 7) is 11.0. The van der Waals surface area contributed by atoms with E-state index in [2.05, 4.69) is 26.0 Å². The molecule has 0 spiro atoms. The lowest BCUT2D eigenvalue weighted by Gasteiger charge is -2.58. The first-order valence-electron chi connectivity index (χ1n) is 10.00. The van der Waals surface area contributed by atoms with Gasteiger partial charge in [0.05, 0.1) is 0 Å². The first kappa shape index (κ1) is 16.5. The normalized spacial score (nSPS) is 50.6. The van der Waals surface area contributed by atoms with Gasteiger partial charge < -0.3 is 5.11 Å². The summed E-state index contributed by atoms with van der Waals surface area (Å²) in [7, 11) is 0. The van der Waals surface area contributed by atoms with E-state index in [0.717, 1.165) is 37.5 Å². The van der Waals surface area contributed by atoms with Gasteiger partial charge in [0, 0.05) is 5.41 Å². The van der Waals surface area contributed by atoms with E-state index in [1.807, 2.05) is 0 Å².